The molecule has 70 heavy (non-hydrogen) atoms. The molecule has 0 saturated heterocycles. The largest absolute Gasteiger partial charge is 1.00 e. The normalized spacial score (nSPS) is 17.3. The van der Waals surface area contributed by atoms with Crippen LogP contribution in [-0.4, -0.2) is 97.5 Å². The molecule has 3 aromatic rings. The first-order chi connectivity index (χ1) is 31.0. The average molecular weight is 1080 g/mol. The number of carboxylic acid groups (broad SMARTS) is 1. The monoisotopic (exact) mass is 1070 g/mol. The molecule has 0 unspecified atom stereocenters. The number of carboxylic acids is 1. The fourth-order valence-corrected chi connectivity index (χ4v) is 10.4. The maximum atomic E-state index is 16.2. The van der Waals surface area contributed by atoms with E-state index in [0.29, 0.717) is 60.3 Å². The molecule has 1 N–H and O–H groups in total. The fraction of sp³-hybridized carbons (Fsp3) is 0.378. The zero-order chi connectivity index (χ0) is 49.9. The minimum Gasteiger partial charge on any atom is -0.748 e. The van der Waals surface area contributed by atoms with Crippen molar-refractivity contribution in [3.05, 3.63) is 130 Å². The van der Waals surface area contributed by atoms with E-state index in [1.165, 1.54) is 18.2 Å². The third-order valence-electron chi connectivity index (χ3n) is 11.9. The number of benzene rings is 3. The average Bonchev–Trinajstić information content (AvgIpc) is 3.55. The molecule has 2 aliphatic heterocycles. The minimum absolute atomic E-state index is 0. The van der Waals surface area contributed by atoms with Gasteiger partial charge in [0.25, 0.3) is 0 Å². The van der Waals surface area contributed by atoms with E-state index in [1.807, 2.05) is 41.5 Å². The number of anilines is 1. The van der Waals surface area contributed by atoms with E-state index >= 15 is 8.78 Å². The van der Waals surface area contributed by atoms with Gasteiger partial charge in [-0.2, -0.15) is 18.2 Å². The van der Waals surface area contributed by atoms with Crippen LogP contribution in [0.1, 0.15) is 99.7 Å². The van der Waals surface area contributed by atoms with Crippen molar-refractivity contribution in [1.82, 2.24) is 0 Å². The molecule has 362 valence electrons. The van der Waals surface area contributed by atoms with Gasteiger partial charge in [-0.05, 0) is 97.2 Å². The second kappa shape index (κ2) is 25.8. The van der Waals surface area contributed by atoms with Crippen molar-refractivity contribution in [2.75, 3.05) is 29.5 Å². The molecule has 16 nitrogen and oxygen atoms in total. The minimum atomic E-state index is -4.85. The van der Waals surface area contributed by atoms with E-state index in [4.69, 9.17) is 12.6 Å². The van der Waals surface area contributed by atoms with Gasteiger partial charge in [-0.15, -0.1) is 18.7 Å². The maximum Gasteiger partial charge on any atom is 1.00 e. The molecule has 2 heterocycles. The van der Waals surface area contributed by atoms with Crippen molar-refractivity contribution in [2.24, 2.45) is 0 Å². The number of rotatable bonds is 16. The number of aromatic carboxylic acids is 1. The molecule has 3 aliphatic rings. The summed E-state index contributed by atoms with van der Waals surface area (Å²) in [7, 11) is -16.9. The van der Waals surface area contributed by atoms with Gasteiger partial charge in [-0.3, -0.25) is 0 Å². The van der Waals surface area contributed by atoms with Crippen LogP contribution in [0.5, 0.6) is 0 Å². The third-order valence-corrected chi connectivity index (χ3v) is 14.3. The molecule has 0 spiro atoms. The number of allylic oxidation sites excluding steroid dienone is 8. The quantitative estimate of drug-likeness (QED) is 0.0500. The van der Waals surface area contributed by atoms with Crippen molar-refractivity contribution in [2.45, 2.75) is 88.4 Å². The van der Waals surface area contributed by atoms with Crippen molar-refractivity contribution in [3.8, 4) is 0 Å². The van der Waals surface area contributed by atoms with Gasteiger partial charge < -0.3 is 23.7 Å². The van der Waals surface area contributed by atoms with Gasteiger partial charge in [-0.1, -0.05) is 45.4 Å². The summed E-state index contributed by atoms with van der Waals surface area (Å²) in [5.74, 6) is -4.84. The first-order valence-corrected chi connectivity index (χ1v) is 26.3. The van der Waals surface area contributed by atoms with E-state index < -0.39 is 96.9 Å². The molecule has 25 heteroatoms. The number of hydrogen-bond acceptors (Lipinski definition) is 14. The van der Waals surface area contributed by atoms with Crippen LogP contribution in [0.25, 0.3) is 5.57 Å². The van der Waals surface area contributed by atoms with Gasteiger partial charge in [0.2, 0.25) is 0 Å². The van der Waals surface area contributed by atoms with Crippen LogP contribution >= 0.6 is 0 Å². The van der Waals surface area contributed by atoms with Gasteiger partial charge in [0.1, 0.15) is 34.0 Å². The van der Waals surface area contributed by atoms with Crippen LogP contribution in [0.2, 0.25) is 0 Å². The van der Waals surface area contributed by atoms with E-state index in [2.05, 4.69) is 6.07 Å². The Morgan fingerprint density at radius 1 is 0.814 bits per heavy atom. The summed E-state index contributed by atoms with van der Waals surface area (Å²) in [6.45, 7) is 8.17. The summed E-state index contributed by atoms with van der Waals surface area (Å²) < 4.78 is 164. The summed E-state index contributed by atoms with van der Waals surface area (Å²) in [5, 5.41) is 9.61. The number of hydrogen-bond donors (Lipinski definition) is 1. The number of halogens is 2. The molecule has 6 rings (SSSR count). The maximum absolute atomic E-state index is 16.2. The Labute approximate surface area is 475 Å². The molecule has 0 bridgehead atoms. The van der Waals surface area contributed by atoms with Crippen LogP contribution in [-0.2, 0) is 51.8 Å². The third kappa shape index (κ3) is 15.9. The van der Waals surface area contributed by atoms with Crippen molar-refractivity contribution < 1.29 is 163 Å². The summed E-state index contributed by atoms with van der Waals surface area (Å²) in [6, 6.07) is 14.1. The zero-order valence-corrected chi connectivity index (χ0v) is 49.0. The summed E-state index contributed by atoms with van der Waals surface area (Å²) in [5.41, 5.74) is 2.81. The van der Waals surface area contributed by atoms with Crippen molar-refractivity contribution in [3.63, 3.8) is 0 Å². The molecule has 0 atom stereocenters. The Bertz CT molecular complexity index is 3090. The molecule has 0 aromatic heterocycles. The van der Waals surface area contributed by atoms with Gasteiger partial charge >= 0.3 is 105 Å². The van der Waals surface area contributed by atoms with Crippen LogP contribution in [0.4, 0.5) is 20.2 Å². The number of nitrogens with zero attached hydrogens (tertiary/aromatic N) is 2. The molecule has 0 radical (unpaired) electrons. The Hall–Kier alpha value is -2.23. The molecule has 0 saturated carbocycles. The standard InChI is InChI=1S/C45H50F2N2O11S3.3Na.O3S/c1-44(2)33-14-5-6-15-37(33)48(22-7-9-24-61(52,53)54)39(44)20-16-29-12-11-13-30(41(29)42-35(46)26-31(43(50)51)27-36(42)47)17-21-40-45(3,4)34-28-32(63(58,59)60)18-19-38(34)49(40)23-8-10-25-62(55,56)57;;;;1-4(2)3/h6,14-21,26-28H,7-13,22-25H2,1-4H3,(H,50,51)(H,52,53,54)(H,55,56,57)(H,58,59,60);;;;/q;3*+1;/p-3. The van der Waals surface area contributed by atoms with E-state index in [-0.39, 0.29) is 120 Å². The molecule has 3 aromatic carbocycles. The van der Waals surface area contributed by atoms with Crippen LogP contribution in [0, 0.1) is 17.7 Å². The summed E-state index contributed by atoms with van der Waals surface area (Å²) in [6.07, 6.45) is 9.08. The Balaban J connectivity index is 0.00000231. The topological polar surface area (TPSA) is 266 Å². The number of unbranched alkanes of at least 4 members (excludes halogenated alkanes) is 2. The zero-order valence-electron chi connectivity index (χ0n) is 39.7. The van der Waals surface area contributed by atoms with Gasteiger partial charge in [0, 0.05) is 52.8 Å². The number of fused-ring (bicyclic) bond motifs is 2. The molecule has 0 amide bonds. The van der Waals surface area contributed by atoms with Crippen LogP contribution < -0.4 is 93.6 Å². The van der Waals surface area contributed by atoms with Crippen molar-refractivity contribution >= 4 is 69.6 Å². The predicted molar refractivity (Wildman–Crippen MR) is 240 cm³/mol. The van der Waals surface area contributed by atoms with E-state index in [9.17, 15) is 48.8 Å². The first kappa shape index (κ1) is 63.9. The summed E-state index contributed by atoms with van der Waals surface area (Å²) in [4.78, 5) is 13.2. The van der Waals surface area contributed by atoms with Gasteiger partial charge in [0.05, 0.1) is 36.3 Å². The van der Waals surface area contributed by atoms with Crippen LogP contribution in [0.3, 0.4) is 0 Å². The smallest absolute Gasteiger partial charge is 0.748 e. The Morgan fingerprint density at radius 2 is 1.40 bits per heavy atom. The Morgan fingerprint density at radius 3 is 1.96 bits per heavy atom. The van der Waals surface area contributed by atoms with E-state index in [1.54, 1.807) is 38.1 Å². The predicted octanol–water partition coefficient (Wildman–Crippen LogP) is -2.80. The van der Waals surface area contributed by atoms with Crippen LogP contribution in [0.15, 0.2) is 94.6 Å². The Kier molecular flexibility index (Phi) is 23.6. The first-order valence-electron chi connectivity index (χ1n) is 20.8. The van der Waals surface area contributed by atoms with Gasteiger partial charge in [0.15, 0.2) is 5.71 Å². The molecular weight excluding hydrogens is 1030 g/mol. The molecule has 0 fully saturated rings. The second-order valence-electron chi connectivity index (χ2n) is 17.1. The van der Waals surface area contributed by atoms with E-state index in [0.717, 1.165) is 29.1 Å². The summed E-state index contributed by atoms with van der Waals surface area (Å²) >= 11 is 0. The SMILES string of the molecule is CC1(C)C(=CC=C2CCCC(C=CC3=[N+](CCCCS(=O)(=O)[O-])c4cc[c-]cc4C3(C)C)=C2c2c(F)cc(C(=O)O)cc2F)N(CCCCS(=O)(=O)[O-])c2ccc(S(=O)(=O)[O-])cc21.O=S(=O)=O.[Na+].[Na+].[Na+]. The van der Waals surface area contributed by atoms with Gasteiger partial charge in [-0.25, -0.2) is 43.4 Å². The second-order valence-corrected chi connectivity index (χ2v) is 21.9. The fourth-order valence-electron chi connectivity index (χ4n) is 8.83. The molecular formula is C45H47F2N2Na3O14S4. The van der Waals surface area contributed by atoms with Crippen molar-refractivity contribution in [1.29, 1.82) is 0 Å². The molecule has 1 aliphatic carbocycles. The number of carbonyl (C=O) groups is 1.